The highest BCUT2D eigenvalue weighted by Gasteiger charge is 2.52. The van der Waals surface area contributed by atoms with E-state index in [4.69, 9.17) is 4.42 Å². The van der Waals surface area contributed by atoms with Gasteiger partial charge in [0.05, 0.1) is 16.8 Å². The molecule has 2 aliphatic carbocycles. The van der Waals surface area contributed by atoms with Crippen molar-refractivity contribution in [3.63, 3.8) is 0 Å². The topological polar surface area (TPSA) is 19.6 Å². The number of nitrogens with zero attached hydrogens (tertiary/aromatic N) is 2. The van der Waals surface area contributed by atoms with Gasteiger partial charge in [-0.2, -0.15) is 0 Å². The maximum atomic E-state index is 6.81. The molecule has 0 amide bonds. The lowest BCUT2D eigenvalue weighted by atomic mass is 9.70. The van der Waals surface area contributed by atoms with E-state index in [2.05, 4.69) is 234 Å². The molecule has 1 heterocycles. The maximum absolute atomic E-state index is 6.81. The van der Waals surface area contributed by atoms with Gasteiger partial charge in [-0.15, -0.1) is 0 Å². The van der Waals surface area contributed by atoms with Crippen molar-refractivity contribution in [1.29, 1.82) is 0 Å². The molecule has 2 aliphatic rings. The van der Waals surface area contributed by atoms with Gasteiger partial charge in [-0.1, -0.05) is 164 Å². The molecular formula is C59H38N2O. The fraction of sp³-hybridized carbons (Fsp3) is 0.0169. The fourth-order valence-corrected chi connectivity index (χ4v) is 10.8. The van der Waals surface area contributed by atoms with Gasteiger partial charge >= 0.3 is 0 Å². The van der Waals surface area contributed by atoms with Crippen LogP contribution in [-0.2, 0) is 5.41 Å². The number of furan rings is 1. The van der Waals surface area contributed by atoms with Gasteiger partial charge in [0, 0.05) is 38.9 Å². The Balaban J connectivity index is 1.15. The molecule has 1 unspecified atom stereocenters. The first-order valence-corrected chi connectivity index (χ1v) is 21.4. The van der Waals surface area contributed by atoms with Crippen LogP contribution in [0.25, 0.3) is 55.0 Å². The first-order chi connectivity index (χ1) is 30.8. The van der Waals surface area contributed by atoms with Crippen LogP contribution in [0.2, 0.25) is 0 Å². The molecule has 1 spiro atoms. The van der Waals surface area contributed by atoms with E-state index in [1.54, 1.807) is 0 Å². The number of benzene rings is 10. The van der Waals surface area contributed by atoms with Crippen molar-refractivity contribution in [3.8, 4) is 22.3 Å². The molecule has 290 valence electrons. The Kier molecular flexibility index (Phi) is 7.52. The number of hydrogen-bond acceptors (Lipinski definition) is 3. The number of para-hydroxylation sites is 5. The van der Waals surface area contributed by atoms with Crippen molar-refractivity contribution in [1.82, 2.24) is 0 Å². The van der Waals surface area contributed by atoms with Crippen LogP contribution in [0.1, 0.15) is 22.3 Å². The number of hydrogen-bond donors (Lipinski definition) is 0. The molecular weight excluding hydrogens is 753 g/mol. The van der Waals surface area contributed by atoms with Crippen molar-refractivity contribution in [2.24, 2.45) is 0 Å². The van der Waals surface area contributed by atoms with Gasteiger partial charge in [-0.05, 0) is 117 Å². The summed E-state index contributed by atoms with van der Waals surface area (Å²) in [7, 11) is 0. The molecule has 0 fully saturated rings. The van der Waals surface area contributed by atoms with Gasteiger partial charge in [0.1, 0.15) is 5.58 Å². The molecule has 0 bridgehead atoms. The Bertz CT molecular complexity index is 3500. The van der Waals surface area contributed by atoms with Crippen LogP contribution in [0.3, 0.4) is 0 Å². The van der Waals surface area contributed by atoms with Crippen LogP contribution >= 0.6 is 0 Å². The predicted molar refractivity (Wildman–Crippen MR) is 257 cm³/mol. The minimum absolute atomic E-state index is 0.612. The van der Waals surface area contributed by atoms with Gasteiger partial charge in [-0.3, -0.25) is 0 Å². The van der Waals surface area contributed by atoms with Crippen LogP contribution in [0.15, 0.2) is 235 Å². The fourth-order valence-electron chi connectivity index (χ4n) is 10.8. The summed E-state index contributed by atoms with van der Waals surface area (Å²) in [6.07, 6.45) is 0. The van der Waals surface area contributed by atoms with E-state index in [9.17, 15) is 0 Å². The predicted octanol–water partition coefficient (Wildman–Crippen LogP) is 16.0. The highest BCUT2D eigenvalue weighted by molar-refractivity contribution is 6.15. The van der Waals surface area contributed by atoms with Crippen molar-refractivity contribution < 1.29 is 4.42 Å². The molecule has 3 nitrogen and oxygen atoms in total. The van der Waals surface area contributed by atoms with E-state index >= 15 is 0 Å². The molecule has 0 saturated heterocycles. The normalized spacial score (nSPS) is 14.5. The highest BCUT2D eigenvalue weighted by atomic mass is 16.3. The summed E-state index contributed by atoms with van der Waals surface area (Å²) in [6, 6.07) is 84.0. The highest BCUT2D eigenvalue weighted by Crippen LogP contribution is 2.65. The summed E-state index contributed by atoms with van der Waals surface area (Å²) < 4.78 is 6.81. The smallest absolute Gasteiger partial charge is 0.159 e. The summed E-state index contributed by atoms with van der Waals surface area (Å²) in [5.74, 6) is 0. The number of fused-ring (bicyclic) bond motifs is 15. The molecule has 11 aromatic rings. The van der Waals surface area contributed by atoms with Crippen LogP contribution in [-0.4, -0.2) is 0 Å². The summed E-state index contributed by atoms with van der Waals surface area (Å²) >= 11 is 0. The van der Waals surface area contributed by atoms with E-state index < -0.39 is 5.41 Å². The molecule has 1 atom stereocenters. The zero-order valence-electron chi connectivity index (χ0n) is 33.7. The summed E-state index contributed by atoms with van der Waals surface area (Å²) in [5.41, 5.74) is 17.9. The Morgan fingerprint density at radius 3 is 1.55 bits per heavy atom. The molecule has 0 N–H and O–H groups in total. The van der Waals surface area contributed by atoms with Crippen LogP contribution < -0.4 is 9.80 Å². The molecule has 13 rings (SSSR count). The maximum Gasteiger partial charge on any atom is 0.159 e. The van der Waals surface area contributed by atoms with E-state index in [1.807, 2.05) is 6.07 Å². The molecule has 3 heteroatoms. The summed E-state index contributed by atoms with van der Waals surface area (Å²) in [4.78, 5) is 4.81. The van der Waals surface area contributed by atoms with Gasteiger partial charge in [0.15, 0.2) is 5.58 Å². The van der Waals surface area contributed by atoms with Gasteiger partial charge in [-0.25, -0.2) is 0 Å². The van der Waals surface area contributed by atoms with Crippen molar-refractivity contribution >= 4 is 66.8 Å². The largest absolute Gasteiger partial charge is 0.454 e. The third-order valence-electron chi connectivity index (χ3n) is 13.2. The first-order valence-electron chi connectivity index (χ1n) is 21.4. The second kappa shape index (κ2) is 13.4. The minimum atomic E-state index is -0.612. The Morgan fingerprint density at radius 2 is 0.839 bits per heavy atom. The standard InChI is InChI=1S/C59H38N2O/c1-4-19-39(20-5-1)60(40-21-6-2-7-22-40)42-35-36-44-43-25-12-15-31-50(43)59(52(44)37-42)51-32-16-13-29-49(51)57-47-28-11-10-26-45(47)55(38-53(57)59)61(41-23-8-3-9-24-41)54-33-18-30-48-46-27-14-17-34-56(46)62-58(48)54/h1-38H. The second-order valence-corrected chi connectivity index (χ2v) is 16.4. The van der Waals surface area contributed by atoms with Gasteiger partial charge < -0.3 is 14.2 Å². The van der Waals surface area contributed by atoms with E-state index in [0.717, 1.165) is 56.1 Å². The lowest BCUT2D eigenvalue weighted by Crippen LogP contribution is -2.26. The van der Waals surface area contributed by atoms with Crippen LogP contribution in [0, 0.1) is 0 Å². The Labute approximate surface area is 360 Å². The molecule has 0 aliphatic heterocycles. The molecule has 10 aromatic carbocycles. The van der Waals surface area contributed by atoms with Crippen LogP contribution in [0.5, 0.6) is 0 Å². The zero-order valence-corrected chi connectivity index (χ0v) is 33.7. The lowest BCUT2D eigenvalue weighted by Gasteiger charge is -2.34. The summed E-state index contributed by atoms with van der Waals surface area (Å²) in [6.45, 7) is 0. The number of rotatable bonds is 6. The average Bonchev–Trinajstić information content (AvgIpc) is 3.97. The lowest BCUT2D eigenvalue weighted by molar-refractivity contribution is 0.669. The van der Waals surface area contributed by atoms with E-state index in [1.165, 1.54) is 55.3 Å². The minimum Gasteiger partial charge on any atom is -0.454 e. The van der Waals surface area contributed by atoms with Crippen LogP contribution in [0.4, 0.5) is 34.1 Å². The van der Waals surface area contributed by atoms with Crippen molar-refractivity contribution in [2.45, 2.75) is 5.41 Å². The Morgan fingerprint density at radius 1 is 0.306 bits per heavy atom. The Hall–Kier alpha value is -8.14. The molecule has 1 aromatic heterocycles. The van der Waals surface area contributed by atoms with Crippen molar-refractivity contribution in [2.75, 3.05) is 9.80 Å². The second-order valence-electron chi connectivity index (χ2n) is 16.4. The van der Waals surface area contributed by atoms with E-state index in [0.29, 0.717) is 0 Å². The molecule has 0 radical (unpaired) electrons. The third kappa shape index (κ3) is 4.82. The first kappa shape index (κ1) is 34.7. The molecule has 62 heavy (non-hydrogen) atoms. The quantitative estimate of drug-likeness (QED) is 0.167. The zero-order chi connectivity index (χ0) is 40.8. The number of anilines is 6. The summed E-state index contributed by atoms with van der Waals surface area (Å²) in [5, 5.41) is 4.61. The van der Waals surface area contributed by atoms with E-state index in [-0.39, 0.29) is 0 Å². The third-order valence-corrected chi connectivity index (χ3v) is 13.2. The SMILES string of the molecule is c1ccc(N(c2ccccc2)c2ccc3c(c2)C2(c4ccccc4-3)c3ccccc3-c3c2cc(N(c2ccccc2)c2cccc4c2oc2ccccc24)c2ccccc32)cc1. The average molecular weight is 791 g/mol. The van der Waals surface area contributed by atoms with Gasteiger partial charge in [0.25, 0.3) is 0 Å². The van der Waals surface area contributed by atoms with Crippen molar-refractivity contribution in [3.05, 3.63) is 253 Å². The monoisotopic (exact) mass is 790 g/mol. The van der Waals surface area contributed by atoms with Gasteiger partial charge in [0.2, 0.25) is 0 Å². The molecule has 0 saturated carbocycles.